The Balaban J connectivity index is 1.86. The van der Waals surface area contributed by atoms with Crippen LogP contribution in [0.5, 0.6) is 0 Å². The molecule has 1 fully saturated rings. The highest BCUT2D eigenvalue weighted by Crippen LogP contribution is 2.30. The van der Waals surface area contributed by atoms with Gasteiger partial charge >= 0.3 is 6.09 Å². The van der Waals surface area contributed by atoms with Crippen LogP contribution in [0.4, 0.5) is 10.6 Å². The van der Waals surface area contributed by atoms with Crippen molar-refractivity contribution in [3.63, 3.8) is 0 Å². The quantitative estimate of drug-likeness (QED) is 0.726. The Morgan fingerprint density at radius 1 is 1.43 bits per heavy atom. The molecule has 1 aliphatic rings. The second kappa shape index (κ2) is 8.53. The number of carbonyl (C=O) groups excluding carboxylic acids is 1. The molecule has 0 radical (unpaired) electrons. The van der Waals surface area contributed by atoms with E-state index >= 15 is 0 Å². The second-order valence-corrected chi connectivity index (χ2v) is 8.53. The number of hydrogen-bond donors (Lipinski definition) is 2. The molecule has 2 N–H and O–H groups in total. The van der Waals surface area contributed by atoms with Crippen molar-refractivity contribution in [3.8, 4) is 0 Å². The van der Waals surface area contributed by atoms with Gasteiger partial charge in [0.05, 0.1) is 22.7 Å². The molecule has 0 unspecified atom stereocenters. The van der Waals surface area contributed by atoms with Crippen molar-refractivity contribution in [1.82, 2.24) is 10.3 Å². The number of aromatic nitrogens is 1. The Bertz CT molecular complexity index is 845. The first-order valence-corrected chi connectivity index (χ1v) is 10.0. The van der Waals surface area contributed by atoms with Gasteiger partial charge in [0.15, 0.2) is 0 Å². The van der Waals surface area contributed by atoms with Crippen LogP contribution in [-0.4, -0.2) is 35.9 Å². The van der Waals surface area contributed by atoms with Gasteiger partial charge in [-0.25, -0.2) is 9.78 Å². The molecular formula is C21H28ClN3O3. The summed E-state index contributed by atoms with van der Waals surface area (Å²) in [5.74, 6) is 0.694. The molecule has 1 amide bonds. The number of pyridine rings is 1. The summed E-state index contributed by atoms with van der Waals surface area (Å²) in [6.07, 6.45) is 1.82. The number of amides is 1. The van der Waals surface area contributed by atoms with E-state index in [1.54, 1.807) is 0 Å². The Morgan fingerprint density at radius 2 is 2.21 bits per heavy atom. The van der Waals surface area contributed by atoms with Gasteiger partial charge in [-0.05, 0) is 52.7 Å². The monoisotopic (exact) mass is 405 g/mol. The number of fused-ring (bicyclic) bond motifs is 1. The van der Waals surface area contributed by atoms with E-state index in [1.807, 2.05) is 52.0 Å². The number of benzene rings is 1. The Morgan fingerprint density at radius 3 is 2.89 bits per heavy atom. The fourth-order valence-corrected chi connectivity index (χ4v) is 3.45. The first-order chi connectivity index (χ1) is 13.2. The van der Waals surface area contributed by atoms with Crippen LogP contribution in [0.1, 0.15) is 52.1 Å². The third-order valence-electron chi connectivity index (χ3n) is 4.55. The molecule has 0 spiro atoms. The average molecular weight is 406 g/mol. The van der Waals surface area contributed by atoms with Crippen LogP contribution in [0.15, 0.2) is 24.3 Å². The molecule has 1 aromatic heterocycles. The minimum absolute atomic E-state index is 0.172. The van der Waals surface area contributed by atoms with Crippen molar-refractivity contribution in [3.05, 3.63) is 34.9 Å². The summed E-state index contributed by atoms with van der Waals surface area (Å²) in [6, 6.07) is 7.39. The van der Waals surface area contributed by atoms with Crippen LogP contribution < -0.4 is 10.6 Å². The van der Waals surface area contributed by atoms with Crippen LogP contribution in [-0.2, 0) is 9.47 Å². The average Bonchev–Trinajstić information content (AvgIpc) is 3.11. The molecule has 1 aliphatic heterocycles. The smallest absolute Gasteiger partial charge is 0.408 e. The number of ether oxygens (including phenoxy) is 2. The summed E-state index contributed by atoms with van der Waals surface area (Å²) >= 11 is 6.34. The molecule has 1 aromatic carbocycles. The van der Waals surface area contributed by atoms with Gasteiger partial charge in [-0.2, -0.15) is 0 Å². The van der Waals surface area contributed by atoms with Crippen LogP contribution >= 0.6 is 11.6 Å². The van der Waals surface area contributed by atoms with E-state index in [-0.39, 0.29) is 12.1 Å². The number of nitrogens with one attached hydrogen (secondary N) is 2. The number of halogens is 1. The van der Waals surface area contributed by atoms with Gasteiger partial charge in [0.25, 0.3) is 0 Å². The zero-order valence-electron chi connectivity index (χ0n) is 16.8. The SMILES string of the molecule is C[C@H](NC(=O)OC(C)(C)C)c1cc2cccc(Cl)c2nc1NC[C@H]1CCCO1. The van der Waals surface area contributed by atoms with Crippen LogP contribution in [0.3, 0.4) is 0 Å². The maximum Gasteiger partial charge on any atom is 0.408 e. The van der Waals surface area contributed by atoms with E-state index in [1.165, 1.54) is 0 Å². The summed E-state index contributed by atoms with van der Waals surface area (Å²) in [5, 5.41) is 7.80. The lowest BCUT2D eigenvalue weighted by Crippen LogP contribution is -2.34. The number of nitrogens with zero attached hydrogens (tertiary/aromatic N) is 1. The van der Waals surface area contributed by atoms with Gasteiger partial charge in [0.1, 0.15) is 11.4 Å². The summed E-state index contributed by atoms with van der Waals surface area (Å²) in [6.45, 7) is 8.89. The maximum atomic E-state index is 12.2. The third kappa shape index (κ3) is 5.26. The molecule has 7 heteroatoms. The molecule has 1 saturated heterocycles. The number of rotatable bonds is 5. The van der Waals surface area contributed by atoms with Crippen molar-refractivity contribution in [2.75, 3.05) is 18.5 Å². The molecule has 2 aromatic rings. The highest BCUT2D eigenvalue weighted by atomic mass is 35.5. The van der Waals surface area contributed by atoms with Crippen LogP contribution in [0.2, 0.25) is 5.02 Å². The number of para-hydroxylation sites is 1. The fourth-order valence-electron chi connectivity index (χ4n) is 3.23. The lowest BCUT2D eigenvalue weighted by Gasteiger charge is -2.23. The van der Waals surface area contributed by atoms with Gasteiger partial charge in [-0.3, -0.25) is 0 Å². The molecule has 0 saturated carbocycles. The predicted octanol–water partition coefficient (Wildman–Crippen LogP) is 5.06. The highest BCUT2D eigenvalue weighted by Gasteiger charge is 2.22. The van der Waals surface area contributed by atoms with Crippen LogP contribution in [0, 0.1) is 0 Å². The topological polar surface area (TPSA) is 72.5 Å². The Labute approximate surface area is 170 Å². The first kappa shape index (κ1) is 20.7. The lowest BCUT2D eigenvalue weighted by molar-refractivity contribution is 0.0508. The number of carbonyl (C=O) groups is 1. The first-order valence-electron chi connectivity index (χ1n) is 9.67. The summed E-state index contributed by atoms with van der Waals surface area (Å²) in [7, 11) is 0. The van der Waals surface area contributed by atoms with E-state index in [4.69, 9.17) is 26.1 Å². The third-order valence-corrected chi connectivity index (χ3v) is 4.85. The molecule has 0 bridgehead atoms. The van der Waals surface area contributed by atoms with E-state index < -0.39 is 11.7 Å². The van der Waals surface area contributed by atoms with E-state index in [0.29, 0.717) is 17.4 Å². The van der Waals surface area contributed by atoms with Gasteiger partial charge in [0.2, 0.25) is 0 Å². The number of hydrogen-bond acceptors (Lipinski definition) is 5. The summed E-state index contributed by atoms with van der Waals surface area (Å²) < 4.78 is 11.1. The highest BCUT2D eigenvalue weighted by molar-refractivity contribution is 6.35. The van der Waals surface area contributed by atoms with Gasteiger partial charge in [-0.15, -0.1) is 0 Å². The molecule has 0 aliphatic carbocycles. The molecule has 2 heterocycles. The normalized spacial score (nSPS) is 18.1. The second-order valence-electron chi connectivity index (χ2n) is 8.12. The van der Waals surface area contributed by atoms with Crippen LogP contribution in [0.25, 0.3) is 10.9 Å². The largest absolute Gasteiger partial charge is 0.444 e. The van der Waals surface area contributed by atoms with Crippen molar-refractivity contribution < 1.29 is 14.3 Å². The minimum Gasteiger partial charge on any atom is -0.444 e. The number of alkyl carbamates (subject to hydrolysis) is 1. The van der Waals surface area contributed by atoms with E-state index in [2.05, 4.69) is 10.6 Å². The zero-order chi connectivity index (χ0) is 20.3. The Hall–Kier alpha value is -2.05. The van der Waals surface area contributed by atoms with Crippen molar-refractivity contribution in [1.29, 1.82) is 0 Å². The molecular weight excluding hydrogens is 378 g/mol. The number of anilines is 1. The molecule has 2 atom stereocenters. The van der Waals surface area contributed by atoms with Gasteiger partial charge in [-0.1, -0.05) is 23.7 Å². The summed E-state index contributed by atoms with van der Waals surface area (Å²) in [5.41, 5.74) is 1.05. The Kier molecular flexibility index (Phi) is 6.30. The predicted molar refractivity (Wildman–Crippen MR) is 112 cm³/mol. The van der Waals surface area contributed by atoms with E-state index in [9.17, 15) is 4.79 Å². The standard InChI is InChI=1S/C21H28ClN3O3/c1-13(24-20(26)28-21(2,3)4)16-11-14-7-5-9-17(22)18(14)25-19(16)23-12-15-8-6-10-27-15/h5,7,9,11,13,15H,6,8,10,12H2,1-4H3,(H,23,25)(H,24,26)/t13-,15+/m0/s1. The molecule has 3 rings (SSSR count). The van der Waals surface area contributed by atoms with Crippen molar-refractivity contribution >= 4 is 34.4 Å². The zero-order valence-corrected chi connectivity index (χ0v) is 17.6. The van der Waals surface area contributed by atoms with Crippen molar-refractivity contribution in [2.45, 2.75) is 58.3 Å². The summed E-state index contributed by atoms with van der Waals surface area (Å²) in [4.78, 5) is 17.0. The fraction of sp³-hybridized carbons (Fsp3) is 0.524. The van der Waals surface area contributed by atoms with Crippen molar-refractivity contribution in [2.24, 2.45) is 0 Å². The molecule has 6 nitrogen and oxygen atoms in total. The molecule has 28 heavy (non-hydrogen) atoms. The lowest BCUT2D eigenvalue weighted by atomic mass is 10.1. The maximum absolute atomic E-state index is 12.2. The molecule has 152 valence electrons. The van der Waals surface area contributed by atoms with Gasteiger partial charge in [0, 0.05) is 24.1 Å². The minimum atomic E-state index is -0.556. The van der Waals surface area contributed by atoms with E-state index in [0.717, 1.165) is 35.9 Å². The van der Waals surface area contributed by atoms with Gasteiger partial charge < -0.3 is 20.1 Å².